The molecule has 3 aromatic rings. The normalized spacial score (nSPS) is 10.7. The van der Waals surface area contributed by atoms with Gasteiger partial charge in [0.05, 0.1) is 20.9 Å². The lowest BCUT2D eigenvalue weighted by molar-refractivity contribution is -0.388. The number of nitro groups is 1. The minimum Gasteiger partial charge on any atom is -0.324 e. The molecule has 23 heavy (non-hydrogen) atoms. The number of rotatable bonds is 4. The van der Waals surface area contributed by atoms with Crippen molar-refractivity contribution in [1.82, 2.24) is 9.97 Å². The molecule has 116 valence electrons. The number of fused-ring (bicyclic) bond motifs is 1. The number of imidazole rings is 1. The largest absolute Gasteiger partial charge is 0.324 e. The first-order chi connectivity index (χ1) is 11.1. The van der Waals surface area contributed by atoms with Crippen LogP contribution in [0.4, 0.5) is 11.6 Å². The van der Waals surface area contributed by atoms with Crippen LogP contribution in [-0.4, -0.2) is 27.1 Å². The van der Waals surface area contributed by atoms with Crippen LogP contribution in [0.25, 0.3) is 11.0 Å². The van der Waals surface area contributed by atoms with E-state index < -0.39 is 10.8 Å². The second-order valence-corrected chi connectivity index (χ2v) is 5.52. The number of hydrogen-bond donors (Lipinski definition) is 2. The van der Waals surface area contributed by atoms with E-state index in [1.807, 2.05) is 18.2 Å². The van der Waals surface area contributed by atoms with Crippen molar-refractivity contribution >= 4 is 40.3 Å². The lowest BCUT2D eigenvalue weighted by Crippen LogP contribution is -2.15. The van der Waals surface area contributed by atoms with Gasteiger partial charge in [-0.3, -0.25) is 20.2 Å². The van der Waals surface area contributed by atoms with E-state index in [1.165, 1.54) is 17.8 Å². The van der Waals surface area contributed by atoms with Crippen molar-refractivity contribution in [2.75, 3.05) is 11.6 Å². The highest BCUT2D eigenvalue weighted by Crippen LogP contribution is 2.31. The van der Waals surface area contributed by atoms with Gasteiger partial charge in [-0.2, -0.15) is 0 Å². The van der Waals surface area contributed by atoms with Crippen LogP contribution in [0.3, 0.4) is 0 Å². The highest BCUT2D eigenvalue weighted by molar-refractivity contribution is 7.98. The molecule has 0 aliphatic rings. The Balaban J connectivity index is 1.96. The summed E-state index contributed by atoms with van der Waals surface area (Å²) in [4.78, 5) is 30.8. The van der Waals surface area contributed by atoms with E-state index >= 15 is 0 Å². The van der Waals surface area contributed by atoms with E-state index in [9.17, 15) is 14.9 Å². The van der Waals surface area contributed by atoms with Crippen molar-refractivity contribution in [3.63, 3.8) is 0 Å². The molecule has 0 atom stereocenters. The molecule has 0 bridgehead atoms. The van der Waals surface area contributed by atoms with Gasteiger partial charge in [0.15, 0.2) is 0 Å². The fraction of sp³-hybridized carbons (Fsp3) is 0.0667. The first kappa shape index (κ1) is 15.0. The summed E-state index contributed by atoms with van der Waals surface area (Å²) in [6.45, 7) is 0. The van der Waals surface area contributed by atoms with E-state index in [2.05, 4.69) is 15.3 Å². The number of aromatic amines is 1. The average molecular weight is 328 g/mol. The number of hydrogen-bond acceptors (Lipinski definition) is 5. The zero-order chi connectivity index (χ0) is 16.4. The van der Waals surface area contributed by atoms with Crippen LogP contribution < -0.4 is 5.32 Å². The smallest absolute Gasteiger partial charge is 0.295 e. The van der Waals surface area contributed by atoms with Gasteiger partial charge in [-0.05, 0) is 30.5 Å². The Hall–Kier alpha value is -2.87. The molecule has 0 fully saturated rings. The van der Waals surface area contributed by atoms with E-state index in [0.717, 1.165) is 5.52 Å². The molecule has 0 unspecified atom stereocenters. The van der Waals surface area contributed by atoms with Gasteiger partial charge in [-0.15, -0.1) is 11.8 Å². The quantitative estimate of drug-likeness (QED) is 0.434. The molecular formula is C15H12N4O3S. The summed E-state index contributed by atoms with van der Waals surface area (Å²) in [6.07, 6.45) is 1.73. The molecular weight excluding hydrogens is 316 g/mol. The first-order valence-corrected chi connectivity index (χ1v) is 7.90. The lowest BCUT2D eigenvalue weighted by Gasteiger charge is -2.06. The molecule has 8 heteroatoms. The first-order valence-electron chi connectivity index (χ1n) is 6.67. The van der Waals surface area contributed by atoms with Crippen LogP contribution in [0.1, 0.15) is 10.4 Å². The summed E-state index contributed by atoms with van der Waals surface area (Å²) >= 11 is 1.22. The van der Waals surface area contributed by atoms with Crippen molar-refractivity contribution in [3.8, 4) is 0 Å². The summed E-state index contributed by atoms with van der Waals surface area (Å²) in [7, 11) is 0. The van der Waals surface area contributed by atoms with Crippen LogP contribution in [0.15, 0.2) is 47.4 Å². The Labute approximate surface area is 135 Å². The zero-order valence-corrected chi connectivity index (χ0v) is 12.9. The lowest BCUT2D eigenvalue weighted by atomic mass is 10.1. The molecule has 0 radical (unpaired) electrons. The number of nitrogens with zero attached hydrogens (tertiary/aromatic N) is 2. The highest BCUT2D eigenvalue weighted by Gasteiger charge is 2.24. The number of aromatic nitrogens is 2. The van der Waals surface area contributed by atoms with Gasteiger partial charge < -0.3 is 4.98 Å². The van der Waals surface area contributed by atoms with Crippen molar-refractivity contribution in [2.45, 2.75) is 4.90 Å². The number of carbonyl (C=O) groups excluding carboxylic acids is 1. The molecule has 0 aliphatic carbocycles. The molecule has 1 heterocycles. The zero-order valence-electron chi connectivity index (χ0n) is 12.1. The summed E-state index contributed by atoms with van der Waals surface area (Å²) in [5.74, 6) is -0.327. The third-order valence-electron chi connectivity index (χ3n) is 3.27. The summed E-state index contributed by atoms with van der Waals surface area (Å²) in [5.41, 5.74) is 1.28. The number of H-pyrrole nitrogens is 1. The maximum absolute atomic E-state index is 12.4. The van der Waals surface area contributed by atoms with Gasteiger partial charge in [0.1, 0.15) is 5.56 Å². The predicted molar refractivity (Wildman–Crippen MR) is 88.9 cm³/mol. The van der Waals surface area contributed by atoms with E-state index in [1.54, 1.807) is 24.5 Å². The highest BCUT2D eigenvalue weighted by atomic mass is 32.2. The number of nitrogens with one attached hydrogen (secondary N) is 2. The van der Waals surface area contributed by atoms with E-state index in [0.29, 0.717) is 10.4 Å². The number of anilines is 1. The molecule has 0 aliphatic heterocycles. The van der Waals surface area contributed by atoms with Crippen molar-refractivity contribution in [2.24, 2.45) is 0 Å². The van der Waals surface area contributed by atoms with Gasteiger partial charge in [0.25, 0.3) is 11.6 Å². The van der Waals surface area contributed by atoms with Gasteiger partial charge in [0, 0.05) is 0 Å². The Morgan fingerprint density at radius 1 is 1.26 bits per heavy atom. The Morgan fingerprint density at radius 3 is 2.74 bits per heavy atom. The maximum atomic E-state index is 12.4. The average Bonchev–Trinajstić information content (AvgIpc) is 2.95. The standard InChI is InChI=1S/C15H12N4O3S/c1-23-12-8-4-5-9(13(12)19(21)22)14(20)18-15-16-10-6-2-3-7-11(10)17-15/h2-8H,1H3,(H2,16,17,18,20). The molecule has 1 aromatic heterocycles. The van der Waals surface area contributed by atoms with Crippen molar-refractivity contribution in [1.29, 1.82) is 0 Å². The molecule has 2 N–H and O–H groups in total. The van der Waals surface area contributed by atoms with Crippen LogP contribution in [0.5, 0.6) is 0 Å². The molecule has 2 aromatic carbocycles. The number of carbonyl (C=O) groups is 1. The Morgan fingerprint density at radius 2 is 2.04 bits per heavy atom. The van der Waals surface area contributed by atoms with Gasteiger partial charge in [0.2, 0.25) is 5.95 Å². The topological polar surface area (TPSA) is 101 Å². The summed E-state index contributed by atoms with van der Waals surface area (Å²) in [6, 6.07) is 12.0. The fourth-order valence-electron chi connectivity index (χ4n) is 2.25. The number of thioether (sulfide) groups is 1. The third kappa shape index (κ3) is 2.88. The molecule has 7 nitrogen and oxygen atoms in total. The Kier molecular flexibility index (Phi) is 3.98. The minimum atomic E-state index is -0.577. The van der Waals surface area contributed by atoms with Crippen LogP contribution >= 0.6 is 11.8 Å². The minimum absolute atomic E-state index is 0.00214. The molecule has 3 rings (SSSR count). The van der Waals surface area contributed by atoms with Gasteiger partial charge in [-0.1, -0.05) is 18.2 Å². The predicted octanol–water partition coefficient (Wildman–Crippen LogP) is 3.45. The second-order valence-electron chi connectivity index (χ2n) is 4.67. The maximum Gasteiger partial charge on any atom is 0.295 e. The Bertz CT molecular complexity index is 874. The third-order valence-corrected chi connectivity index (χ3v) is 4.04. The van der Waals surface area contributed by atoms with Crippen molar-refractivity contribution in [3.05, 3.63) is 58.1 Å². The number of amides is 1. The molecule has 0 saturated heterocycles. The van der Waals surface area contributed by atoms with E-state index in [-0.39, 0.29) is 17.2 Å². The van der Waals surface area contributed by atoms with Crippen LogP contribution in [0, 0.1) is 10.1 Å². The van der Waals surface area contributed by atoms with E-state index in [4.69, 9.17) is 0 Å². The number of nitro benzene ring substituents is 1. The number of benzene rings is 2. The van der Waals surface area contributed by atoms with Gasteiger partial charge in [-0.25, -0.2) is 4.98 Å². The molecule has 1 amide bonds. The monoisotopic (exact) mass is 328 g/mol. The van der Waals surface area contributed by atoms with Crippen LogP contribution in [0.2, 0.25) is 0 Å². The van der Waals surface area contributed by atoms with Gasteiger partial charge >= 0.3 is 0 Å². The fourth-order valence-corrected chi connectivity index (χ4v) is 2.84. The number of para-hydroxylation sites is 3. The summed E-state index contributed by atoms with van der Waals surface area (Å²) < 4.78 is 0. The summed E-state index contributed by atoms with van der Waals surface area (Å²) in [5, 5.41) is 13.9. The van der Waals surface area contributed by atoms with Crippen molar-refractivity contribution < 1.29 is 9.72 Å². The molecule has 0 saturated carbocycles. The van der Waals surface area contributed by atoms with Crippen LogP contribution in [-0.2, 0) is 0 Å². The molecule has 0 spiro atoms. The SMILES string of the molecule is CSc1cccc(C(=O)Nc2nc3ccccc3[nH]2)c1[N+](=O)[O-]. The second kappa shape index (κ2) is 6.09.